The summed E-state index contributed by atoms with van der Waals surface area (Å²) in [6.07, 6.45) is 28.1. The third-order valence-corrected chi connectivity index (χ3v) is 7.37. The van der Waals surface area contributed by atoms with Crippen molar-refractivity contribution in [2.75, 3.05) is 7.11 Å². The Kier molecular flexibility index (Phi) is 19.6. The quantitative estimate of drug-likeness (QED) is 0.123. The molecule has 0 unspecified atom stereocenters. The molecule has 35 heavy (non-hydrogen) atoms. The SMILES string of the molecule is CCCCCCCCCCCCc1ccc(C(=O)OC)c(O)c1CCCCCCCCCCCC. The van der Waals surface area contributed by atoms with Crippen molar-refractivity contribution in [1.29, 1.82) is 0 Å². The predicted octanol–water partition coefficient (Wildman–Crippen LogP) is 10.1. The molecule has 0 aliphatic carbocycles. The highest BCUT2D eigenvalue weighted by Gasteiger charge is 2.17. The molecule has 0 heterocycles. The van der Waals surface area contributed by atoms with Crippen molar-refractivity contribution < 1.29 is 14.6 Å². The molecular weight excluding hydrogens is 432 g/mol. The Morgan fingerprint density at radius 3 is 1.46 bits per heavy atom. The molecule has 0 spiro atoms. The van der Waals surface area contributed by atoms with Gasteiger partial charge in [-0.1, -0.05) is 135 Å². The van der Waals surface area contributed by atoms with Gasteiger partial charge in [-0.2, -0.15) is 0 Å². The summed E-state index contributed by atoms with van der Waals surface area (Å²) in [6, 6.07) is 3.79. The van der Waals surface area contributed by atoms with Gasteiger partial charge in [0.25, 0.3) is 0 Å². The van der Waals surface area contributed by atoms with Gasteiger partial charge in [0.2, 0.25) is 0 Å². The summed E-state index contributed by atoms with van der Waals surface area (Å²) in [5.74, 6) is -0.297. The monoisotopic (exact) mass is 488 g/mol. The van der Waals surface area contributed by atoms with E-state index in [2.05, 4.69) is 13.8 Å². The number of aryl methyl sites for hydroxylation is 1. The molecule has 1 aromatic rings. The van der Waals surface area contributed by atoms with Crippen LogP contribution in [0.3, 0.4) is 0 Å². The summed E-state index contributed by atoms with van der Waals surface area (Å²) in [4.78, 5) is 12.1. The third-order valence-electron chi connectivity index (χ3n) is 7.37. The highest BCUT2D eigenvalue weighted by atomic mass is 16.5. The number of unbranched alkanes of at least 4 members (excludes halogenated alkanes) is 18. The molecule has 0 saturated carbocycles. The van der Waals surface area contributed by atoms with Crippen LogP contribution in [0.1, 0.15) is 164 Å². The molecule has 3 heteroatoms. The molecule has 3 nitrogen and oxygen atoms in total. The van der Waals surface area contributed by atoms with Crippen molar-refractivity contribution in [1.82, 2.24) is 0 Å². The Labute approximate surface area is 217 Å². The molecule has 1 rings (SSSR count). The maximum atomic E-state index is 12.1. The van der Waals surface area contributed by atoms with Crippen molar-refractivity contribution in [3.8, 4) is 5.75 Å². The van der Waals surface area contributed by atoms with Gasteiger partial charge in [-0.15, -0.1) is 0 Å². The maximum absolute atomic E-state index is 12.1. The van der Waals surface area contributed by atoms with Gasteiger partial charge in [-0.05, 0) is 42.9 Å². The minimum Gasteiger partial charge on any atom is -0.507 e. The average Bonchev–Trinajstić information content (AvgIpc) is 2.87. The van der Waals surface area contributed by atoms with Crippen molar-refractivity contribution in [2.45, 2.75) is 155 Å². The molecule has 0 bridgehead atoms. The van der Waals surface area contributed by atoms with Crippen molar-refractivity contribution >= 4 is 5.97 Å². The standard InChI is InChI=1S/C32H56O3/c1-4-6-8-10-12-14-16-18-20-22-24-28-26-27-30(32(34)35-3)31(33)29(28)25-23-21-19-17-15-13-11-9-7-5-2/h26-27,33H,4-25H2,1-3H3. The van der Waals surface area contributed by atoms with Gasteiger partial charge in [0.05, 0.1) is 7.11 Å². The smallest absolute Gasteiger partial charge is 0.341 e. The van der Waals surface area contributed by atoms with Gasteiger partial charge in [0.1, 0.15) is 11.3 Å². The molecular formula is C32H56O3. The fourth-order valence-electron chi connectivity index (χ4n) is 5.06. The lowest BCUT2D eigenvalue weighted by atomic mass is 9.93. The lowest BCUT2D eigenvalue weighted by Crippen LogP contribution is -2.06. The molecule has 0 saturated heterocycles. The second kappa shape index (κ2) is 21.7. The van der Waals surface area contributed by atoms with Gasteiger partial charge in [-0.25, -0.2) is 4.79 Å². The molecule has 0 aromatic heterocycles. The van der Waals surface area contributed by atoms with Crippen LogP contribution in [0.15, 0.2) is 12.1 Å². The predicted molar refractivity (Wildman–Crippen MR) is 151 cm³/mol. The zero-order chi connectivity index (χ0) is 25.6. The first-order chi connectivity index (χ1) is 17.2. The van der Waals surface area contributed by atoms with E-state index in [0.29, 0.717) is 5.56 Å². The van der Waals surface area contributed by atoms with E-state index in [0.717, 1.165) is 31.2 Å². The first-order valence-corrected chi connectivity index (χ1v) is 15.1. The second-order valence-electron chi connectivity index (χ2n) is 10.5. The van der Waals surface area contributed by atoms with Crippen LogP contribution in [-0.4, -0.2) is 18.2 Å². The molecule has 1 N–H and O–H groups in total. The number of phenols is 1. The van der Waals surface area contributed by atoms with Crippen LogP contribution in [0.25, 0.3) is 0 Å². The van der Waals surface area contributed by atoms with Crippen LogP contribution in [0.2, 0.25) is 0 Å². The van der Waals surface area contributed by atoms with Gasteiger partial charge in [-0.3, -0.25) is 0 Å². The minimum absolute atomic E-state index is 0.150. The number of rotatable bonds is 23. The Hall–Kier alpha value is -1.51. The number of esters is 1. The van der Waals surface area contributed by atoms with Crippen molar-refractivity contribution in [2.24, 2.45) is 0 Å². The van der Waals surface area contributed by atoms with E-state index in [-0.39, 0.29) is 5.75 Å². The largest absolute Gasteiger partial charge is 0.507 e. The van der Waals surface area contributed by atoms with Crippen LogP contribution in [0.5, 0.6) is 5.75 Å². The molecule has 0 aliphatic rings. The number of methoxy groups -OCH3 is 1. The van der Waals surface area contributed by atoms with E-state index in [4.69, 9.17) is 4.74 Å². The van der Waals surface area contributed by atoms with E-state index < -0.39 is 5.97 Å². The molecule has 1 aromatic carbocycles. The molecule has 202 valence electrons. The van der Waals surface area contributed by atoms with Crippen LogP contribution >= 0.6 is 0 Å². The maximum Gasteiger partial charge on any atom is 0.341 e. The van der Waals surface area contributed by atoms with Crippen LogP contribution in [0.4, 0.5) is 0 Å². The Balaban J connectivity index is 2.42. The number of carbonyl (C=O) groups excluding carboxylic acids is 1. The zero-order valence-corrected chi connectivity index (χ0v) is 23.5. The van der Waals surface area contributed by atoms with E-state index in [9.17, 15) is 9.90 Å². The first-order valence-electron chi connectivity index (χ1n) is 15.1. The summed E-state index contributed by atoms with van der Waals surface area (Å²) >= 11 is 0. The lowest BCUT2D eigenvalue weighted by molar-refractivity contribution is 0.0597. The van der Waals surface area contributed by atoms with Gasteiger partial charge < -0.3 is 9.84 Å². The number of phenolic OH excluding ortho intramolecular Hbond substituents is 1. The van der Waals surface area contributed by atoms with E-state index in [1.165, 1.54) is 128 Å². The molecule has 0 amide bonds. The van der Waals surface area contributed by atoms with Gasteiger partial charge in [0, 0.05) is 0 Å². The summed E-state index contributed by atoms with van der Waals surface area (Å²) in [5.41, 5.74) is 2.50. The van der Waals surface area contributed by atoms with Crippen LogP contribution in [0, 0.1) is 0 Å². The number of hydrogen-bond donors (Lipinski definition) is 1. The first kappa shape index (κ1) is 31.5. The molecule has 0 radical (unpaired) electrons. The van der Waals surface area contributed by atoms with E-state index >= 15 is 0 Å². The Bertz CT molecular complexity index is 652. The number of ether oxygens (including phenoxy) is 1. The van der Waals surface area contributed by atoms with Gasteiger partial charge >= 0.3 is 5.97 Å². The Morgan fingerprint density at radius 1 is 0.629 bits per heavy atom. The Morgan fingerprint density at radius 2 is 1.03 bits per heavy atom. The number of hydrogen-bond acceptors (Lipinski definition) is 3. The highest BCUT2D eigenvalue weighted by Crippen LogP contribution is 2.30. The van der Waals surface area contributed by atoms with Crippen LogP contribution in [-0.2, 0) is 17.6 Å². The molecule has 0 aliphatic heterocycles. The normalized spacial score (nSPS) is 11.2. The fraction of sp³-hybridized carbons (Fsp3) is 0.781. The summed E-state index contributed by atoms with van der Waals surface area (Å²) in [7, 11) is 1.38. The summed E-state index contributed by atoms with van der Waals surface area (Å²) in [5, 5.41) is 10.9. The minimum atomic E-state index is -0.447. The zero-order valence-electron chi connectivity index (χ0n) is 23.5. The highest BCUT2D eigenvalue weighted by molar-refractivity contribution is 5.93. The lowest BCUT2D eigenvalue weighted by Gasteiger charge is -2.14. The summed E-state index contributed by atoms with van der Waals surface area (Å²) in [6.45, 7) is 4.53. The molecule has 0 atom stereocenters. The summed E-state index contributed by atoms with van der Waals surface area (Å²) < 4.78 is 4.88. The fourth-order valence-corrected chi connectivity index (χ4v) is 5.06. The van der Waals surface area contributed by atoms with Crippen molar-refractivity contribution in [3.63, 3.8) is 0 Å². The van der Waals surface area contributed by atoms with Crippen molar-refractivity contribution in [3.05, 3.63) is 28.8 Å². The van der Waals surface area contributed by atoms with E-state index in [1.54, 1.807) is 6.07 Å². The number of carbonyl (C=O) groups is 1. The van der Waals surface area contributed by atoms with Crippen LogP contribution < -0.4 is 0 Å². The topological polar surface area (TPSA) is 46.5 Å². The number of aromatic hydroxyl groups is 1. The number of benzene rings is 1. The third kappa shape index (κ3) is 14.6. The van der Waals surface area contributed by atoms with Gasteiger partial charge in [0.15, 0.2) is 0 Å². The van der Waals surface area contributed by atoms with E-state index in [1.807, 2.05) is 6.07 Å². The molecule has 0 fully saturated rings. The second-order valence-corrected chi connectivity index (χ2v) is 10.5. The average molecular weight is 489 g/mol.